The number of nitrogens with one attached hydrogen (secondary N) is 1. The van der Waals surface area contributed by atoms with Gasteiger partial charge in [0.1, 0.15) is 6.10 Å². The van der Waals surface area contributed by atoms with E-state index in [2.05, 4.69) is 25.4 Å². The summed E-state index contributed by atoms with van der Waals surface area (Å²) in [5, 5.41) is 8.70. The monoisotopic (exact) mass is 371 g/mol. The number of hydrogen-bond donors (Lipinski definition) is 1. The Bertz CT molecular complexity index is 857. The molecule has 9 heteroatoms. The molecular weight excluding hydrogens is 354 g/mol. The Balaban J connectivity index is 1.28. The van der Waals surface area contributed by atoms with Gasteiger partial charge in [0.15, 0.2) is 11.6 Å². The maximum absolute atomic E-state index is 12.2. The molecule has 1 amide bonds. The molecule has 0 spiro atoms. The van der Waals surface area contributed by atoms with Gasteiger partial charge in [-0.25, -0.2) is 9.97 Å². The van der Waals surface area contributed by atoms with E-state index in [0.29, 0.717) is 36.1 Å². The van der Waals surface area contributed by atoms with Crippen LogP contribution >= 0.6 is 11.3 Å². The quantitative estimate of drug-likeness (QED) is 0.710. The fraction of sp³-hybridized carbons (Fsp3) is 0.353. The number of carbonyl (C=O) groups excluding carboxylic acids is 1. The van der Waals surface area contributed by atoms with Gasteiger partial charge in [0, 0.05) is 32.0 Å². The highest BCUT2D eigenvalue weighted by atomic mass is 32.1. The third-order valence-corrected chi connectivity index (χ3v) is 4.84. The molecule has 1 aliphatic rings. The Morgan fingerprint density at radius 3 is 2.96 bits per heavy atom. The van der Waals surface area contributed by atoms with Crippen LogP contribution in [0, 0.1) is 0 Å². The summed E-state index contributed by atoms with van der Waals surface area (Å²) in [4.78, 5) is 25.9. The van der Waals surface area contributed by atoms with Crippen molar-refractivity contribution in [1.82, 2.24) is 25.4 Å². The summed E-state index contributed by atoms with van der Waals surface area (Å²) >= 11 is 1.56. The number of nitrogens with zero attached hydrogens (tertiary/aromatic N) is 4. The van der Waals surface area contributed by atoms with Crippen LogP contribution in [0.5, 0.6) is 0 Å². The van der Waals surface area contributed by atoms with E-state index < -0.39 is 0 Å². The van der Waals surface area contributed by atoms with E-state index in [1.54, 1.807) is 11.3 Å². The first-order chi connectivity index (χ1) is 12.8. The van der Waals surface area contributed by atoms with Gasteiger partial charge in [-0.1, -0.05) is 11.2 Å². The van der Waals surface area contributed by atoms with Crippen molar-refractivity contribution in [2.45, 2.75) is 25.4 Å². The zero-order valence-electron chi connectivity index (χ0n) is 13.9. The third-order valence-electron chi connectivity index (χ3n) is 3.98. The van der Waals surface area contributed by atoms with Crippen LogP contribution in [-0.2, 0) is 11.2 Å². The van der Waals surface area contributed by atoms with Crippen LogP contribution < -0.4 is 5.32 Å². The van der Waals surface area contributed by atoms with Crippen LogP contribution in [0.1, 0.15) is 41.0 Å². The molecule has 8 nitrogen and oxygen atoms in total. The van der Waals surface area contributed by atoms with Gasteiger partial charge in [0.2, 0.25) is 0 Å². The van der Waals surface area contributed by atoms with Crippen molar-refractivity contribution < 1.29 is 14.1 Å². The van der Waals surface area contributed by atoms with Gasteiger partial charge < -0.3 is 14.6 Å². The standard InChI is InChI=1S/C17H17N5O3S/c23-16(11-9-19-15(20-10-11)13-4-2-8-26-13)18-6-5-14-21-17(25-22-14)12-3-1-7-24-12/h2,4,8-10,12H,1,3,5-7H2,(H,18,23)/t12-/m0/s1. The molecule has 4 rings (SSSR count). The molecule has 0 aliphatic carbocycles. The highest BCUT2D eigenvalue weighted by Gasteiger charge is 2.23. The second-order valence-electron chi connectivity index (χ2n) is 5.83. The molecule has 4 heterocycles. The Morgan fingerprint density at radius 1 is 1.35 bits per heavy atom. The van der Waals surface area contributed by atoms with E-state index in [9.17, 15) is 4.79 Å². The molecule has 1 aliphatic heterocycles. The molecule has 134 valence electrons. The normalized spacial score (nSPS) is 16.7. The first kappa shape index (κ1) is 16.8. The summed E-state index contributed by atoms with van der Waals surface area (Å²) in [7, 11) is 0. The zero-order valence-corrected chi connectivity index (χ0v) is 14.7. The fourth-order valence-electron chi connectivity index (χ4n) is 2.64. The maximum atomic E-state index is 12.2. The van der Waals surface area contributed by atoms with Gasteiger partial charge in [-0.2, -0.15) is 4.98 Å². The largest absolute Gasteiger partial charge is 0.368 e. The summed E-state index contributed by atoms with van der Waals surface area (Å²) in [6.07, 6.45) is 5.36. The molecule has 0 saturated carbocycles. The highest BCUT2D eigenvalue weighted by molar-refractivity contribution is 7.13. The smallest absolute Gasteiger partial charge is 0.255 e. The molecule has 1 fully saturated rings. The van der Waals surface area contributed by atoms with E-state index >= 15 is 0 Å². The molecule has 0 bridgehead atoms. The van der Waals surface area contributed by atoms with Gasteiger partial charge in [-0.15, -0.1) is 11.3 Å². The summed E-state index contributed by atoms with van der Waals surface area (Å²) in [6.45, 7) is 1.13. The van der Waals surface area contributed by atoms with Crippen molar-refractivity contribution in [1.29, 1.82) is 0 Å². The van der Waals surface area contributed by atoms with Crippen molar-refractivity contribution in [2.24, 2.45) is 0 Å². The number of ether oxygens (including phenoxy) is 1. The summed E-state index contributed by atoms with van der Waals surface area (Å²) in [5.74, 6) is 1.46. The predicted molar refractivity (Wildman–Crippen MR) is 93.6 cm³/mol. The van der Waals surface area contributed by atoms with Gasteiger partial charge >= 0.3 is 0 Å². The molecule has 3 aromatic rings. The van der Waals surface area contributed by atoms with E-state index in [0.717, 1.165) is 24.3 Å². The van der Waals surface area contributed by atoms with Crippen molar-refractivity contribution in [2.75, 3.05) is 13.2 Å². The van der Waals surface area contributed by atoms with Crippen LogP contribution in [-0.4, -0.2) is 39.2 Å². The number of thiophene rings is 1. The van der Waals surface area contributed by atoms with Crippen LogP contribution in [0.15, 0.2) is 34.4 Å². The van der Waals surface area contributed by atoms with E-state index in [4.69, 9.17) is 9.26 Å². The minimum Gasteiger partial charge on any atom is -0.368 e. The number of hydrogen-bond acceptors (Lipinski definition) is 8. The first-order valence-corrected chi connectivity index (χ1v) is 9.26. The molecule has 26 heavy (non-hydrogen) atoms. The molecule has 0 unspecified atom stereocenters. The third kappa shape index (κ3) is 3.78. The molecule has 3 aromatic heterocycles. The maximum Gasteiger partial charge on any atom is 0.255 e. The number of carbonyl (C=O) groups is 1. The Hall–Kier alpha value is -2.65. The van der Waals surface area contributed by atoms with Crippen LogP contribution in [0.4, 0.5) is 0 Å². The molecule has 0 aromatic carbocycles. The van der Waals surface area contributed by atoms with Crippen molar-refractivity contribution >= 4 is 17.2 Å². The number of aromatic nitrogens is 4. The highest BCUT2D eigenvalue weighted by Crippen LogP contribution is 2.26. The Kier molecular flexibility index (Phi) is 4.98. The lowest BCUT2D eigenvalue weighted by Crippen LogP contribution is -2.26. The lowest BCUT2D eigenvalue weighted by Gasteiger charge is -2.03. The van der Waals surface area contributed by atoms with E-state index in [1.165, 1.54) is 12.4 Å². The average molecular weight is 371 g/mol. The molecular formula is C17H17N5O3S. The number of amides is 1. The zero-order chi connectivity index (χ0) is 17.8. The fourth-order valence-corrected chi connectivity index (χ4v) is 3.31. The van der Waals surface area contributed by atoms with Crippen molar-refractivity contribution in [3.05, 3.63) is 47.2 Å². The first-order valence-electron chi connectivity index (χ1n) is 8.38. The van der Waals surface area contributed by atoms with Crippen LogP contribution in [0.2, 0.25) is 0 Å². The average Bonchev–Trinajstić information content (AvgIpc) is 3.43. The summed E-state index contributed by atoms with van der Waals surface area (Å²) < 4.78 is 10.7. The molecule has 1 saturated heterocycles. The van der Waals surface area contributed by atoms with Gasteiger partial charge in [-0.05, 0) is 24.3 Å². The SMILES string of the molecule is O=C(NCCc1noc([C@@H]2CCCO2)n1)c1cnc(-c2cccs2)nc1. The molecule has 0 radical (unpaired) electrons. The lowest BCUT2D eigenvalue weighted by molar-refractivity contribution is 0.0835. The van der Waals surface area contributed by atoms with Crippen molar-refractivity contribution in [3.63, 3.8) is 0 Å². The second kappa shape index (κ2) is 7.71. The molecule has 1 N–H and O–H groups in total. The minimum atomic E-state index is -0.231. The Morgan fingerprint density at radius 2 is 2.23 bits per heavy atom. The second-order valence-corrected chi connectivity index (χ2v) is 6.78. The minimum absolute atomic E-state index is 0.0927. The van der Waals surface area contributed by atoms with Crippen molar-refractivity contribution in [3.8, 4) is 10.7 Å². The van der Waals surface area contributed by atoms with Gasteiger partial charge in [0.25, 0.3) is 11.8 Å². The summed E-state index contributed by atoms with van der Waals surface area (Å²) in [6, 6.07) is 3.88. The van der Waals surface area contributed by atoms with Crippen LogP contribution in [0.3, 0.4) is 0 Å². The summed E-state index contributed by atoms with van der Waals surface area (Å²) in [5.41, 5.74) is 0.415. The number of rotatable bonds is 6. The lowest BCUT2D eigenvalue weighted by atomic mass is 10.2. The topological polar surface area (TPSA) is 103 Å². The van der Waals surface area contributed by atoms with Crippen LogP contribution in [0.25, 0.3) is 10.7 Å². The van der Waals surface area contributed by atoms with E-state index in [-0.39, 0.29) is 12.0 Å². The molecule has 1 atom stereocenters. The predicted octanol–water partition coefficient (Wildman–Crippen LogP) is 2.41. The van der Waals surface area contributed by atoms with Gasteiger partial charge in [0.05, 0.1) is 10.4 Å². The van der Waals surface area contributed by atoms with E-state index in [1.807, 2.05) is 17.5 Å². The van der Waals surface area contributed by atoms with Gasteiger partial charge in [-0.3, -0.25) is 4.79 Å². The Labute approximate surface area is 153 Å².